The summed E-state index contributed by atoms with van der Waals surface area (Å²) in [7, 11) is 0. The van der Waals surface area contributed by atoms with Crippen molar-refractivity contribution in [2.75, 3.05) is 32.7 Å². The summed E-state index contributed by atoms with van der Waals surface area (Å²) in [5.41, 5.74) is 1.27. The van der Waals surface area contributed by atoms with E-state index in [-0.39, 0.29) is 36.1 Å². The normalized spacial score (nSPS) is 25.7. The second kappa shape index (κ2) is 8.27. The van der Waals surface area contributed by atoms with Gasteiger partial charge in [-0.1, -0.05) is 42.5 Å². The molecule has 0 N–H and O–H groups in total. The maximum Gasteiger partial charge on any atom is 0.242 e. The van der Waals surface area contributed by atoms with E-state index in [1.165, 1.54) is 10.5 Å². The highest BCUT2D eigenvalue weighted by molar-refractivity contribution is 6.07. The number of nitrogens with zero attached hydrogens (tertiary/aromatic N) is 3. The molecule has 3 amide bonds. The van der Waals surface area contributed by atoms with Crippen molar-refractivity contribution in [1.29, 1.82) is 0 Å². The number of fused-ring (bicyclic) bond motifs is 1. The summed E-state index contributed by atoms with van der Waals surface area (Å²) in [4.78, 5) is 43.4. The van der Waals surface area contributed by atoms with E-state index < -0.39 is 0 Å². The van der Waals surface area contributed by atoms with Crippen molar-refractivity contribution < 1.29 is 14.4 Å². The zero-order chi connectivity index (χ0) is 19.5. The van der Waals surface area contributed by atoms with Crippen molar-refractivity contribution in [1.82, 2.24) is 14.7 Å². The Kier molecular flexibility index (Phi) is 5.57. The number of carbonyl (C=O) groups is 3. The molecule has 2 fully saturated rings. The molecule has 6 nitrogen and oxygen atoms in total. The van der Waals surface area contributed by atoms with Crippen LogP contribution < -0.4 is 0 Å². The summed E-state index contributed by atoms with van der Waals surface area (Å²) >= 11 is 0. The summed E-state index contributed by atoms with van der Waals surface area (Å²) < 4.78 is 0. The molecule has 0 spiro atoms. The molecule has 0 bridgehead atoms. The van der Waals surface area contributed by atoms with Gasteiger partial charge < -0.3 is 4.90 Å². The predicted octanol–water partition coefficient (Wildman–Crippen LogP) is 1.67. The Bertz CT molecular complexity index is 750. The lowest BCUT2D eigenvalue weighted by Gasteiger charge is -2.24. The average molecular weight is 381 g/mol. The number of benzene rings is 1. The number of carbonyl (C=O) groups excluding carboxylic acids is 3. The second-order valence-corrected chi connectivity index (χ2v) is 7.91. The van der Waals surface area contributed by atoms with Gasteiger partial charge in [0.15, 0.2) is 0 Å². The van der Waals surface area contributed by atoms with Crippen LogP contribution in [0.5, 0.6) is 0 Å². The first-order valence-corrected chi connectivity index (χ1v) is 10.2. The third-order valence-electron chi connectivity index (χ3n) is 6.08. The van der Waals surface area contributed by atoms with Gasteiger partial charge >= 0.3 is 0 Å². The van der Waals surface area contributed by atoms with Crippen LogP contribution in [-0.2, 0) is 20.9 Å². The summed E-state index contributed by atoms with van der Waals surface area (Å²) in [6, 6.07) is 10.3. The maximum atomic E-state index is 12.8. The van der Waals surface area contributed by atoms with Gasteiger partial charge in [0, 0.05) is 32.7 Å². The topological polar surface area (TPSA) is 60.9 Å². The summed E-state index contributed by atoms with van der Waals surface area (Å²) in [6.45, 7) is 3.82. The Labute approximate surface area is 165 Å². The van der Waals surface area contributed by atoms with Crippen LogP contribution in [0, 0.1) is 11.8 Å². The van der Waals surface area contributed by atoms with E-state index in [1.54, 1.807) is 0 Å². The van der Waals surface area contributed by atoms with Crippen LogP contribution in [-0.4, -0.2) is 65.1 Å². The van der Waals surface area contributed by atoms with Crippen LogP contribution in [0.3, 0.4) is 0 Å². The molecule has 1 aliphatic carbocycles. The van der Waals surface area contributed by atoms with Crippen molar-refractivity contribution in [3.8, 4) is 0 Å². The van der Waals surface area contributed by atoms with Crippen LogP contribution in [0.1, 0.15) is 24.8 Å². The second-order valence-electron chi connectivity index (χ2n) is 7.91. The molecule has 0 radical (unpaired) electrons. The van der Waals surface area contributed by atoms with Crippen molar-refractivity contribution in [3.63, 3.8) is 0 Å². The number of hydrogen-bond acceptors (Lipinski definition) is 4. The number of likely N-dealkylation sites (tertiary alicyclic amines) is 1. The lowest BCUT2D eigenvalue weighted by molar-refractivity contribution is -0.146. The van der Waals surface area contributed by atoms with E-state index in [0.717, 1.165) is 26.1 Å². The van der Waals surface area contributed by atoms with E-state index in [0.29, 0.717) is 25.9 Å². The van der Waals surface area contributed by atoms with Gasteiger partial charge in [-0.25, -0.2) is 0 Å². The molecule has 4 rings (SSSR count). The lowest BCUT2D eigenvalue weighted by atomic mass is 9.85. The molecule has 2 unspecified atom stereocenters. The first-order chi connectivity index (χ1) is 13.6. The summed E-state index contributed by atoms with van der Waals surface area (Å²) in [5, 5.41) is 0. The molecule has 6 heteroatoms. The minimum Gasteiger partial charge on any atom is -0.340 e. The van der Waals surface area contributed by atoms with Crippen molar-refractivity contribution >= 4 is 17.7 Å². The largest absolute Gasteiger partial charge is 0.340 e. The molecule has 1 aromatic carbocycles. The zero-order valence-corrected chi connectivity index (χ0v) is 16.1. The molecule has 3 aliphatic rings. The number of imide groups is 1. The first kappa shape index (κ1) is 18.9. The standard InChI is InChI=1S/C22H27N3O3/c26-20(16-25-21(27)18-9-4-5-10-19(18)22(25)28)24-12-6-11-23(13-14-24)15-17-7-2-1-3-8-17/h1-5,7-8,18-19H,6,9-16H2. The Morgan fingerprint density at radius 1 is 0.893 bits per heavy atom. The van der Waals surface area contributed by atoms with Gasteiger partial charge in [-0.05, 0) is 24.8 Å². The Morgan fingerprint density at radius 2 is 1.57 bits per heavy atom. The number of allylic oxidation sites excluding steroid dienone is 2. The minimum atomic E-state index is -0.268. The molecule has 1 aromatic rings. The monoisotopic (exact) mass is 381 g/mol. The maximum absolute atomic E-state index is 12.8. The molecule has 28 heavy (non-hydrogen) atoms. The quantitative estimate of drug-likeness (QED) is 0.588. The van der Waals surface area contributed by atoms with Crippen LogP contribution in [0.25, 0.3) is 0 Å². The molecule has 2 aliphatic heterocycles. The highest BCUT2D eigenvalue weighted by atomic mass is 16.2. The van der Waals surface area contributed by atoms with E-state index >= 15 is 0 Å². The summed E-state index contributed by atoms with van der Waals surface area (Å²) in [5.74, 6) is -0.997. The van der Waals surface area contributed by atoms with Gasteiger partial charge in [-0.3, -0.25) is 24.2 Å². The fraction of sp³-hybridized carbons (Fsp3) is 0.500. The van der Waals surface area contributed by atoms with Gasteiger partial charge in [-0.2, -0.15) is 0 Å². The van der Waals surface area contributed by atoms with Crippen LogP contribution >= 0.6 is 0 Å². The van der Waals surface area contributed by atoms with Crippen molar-refractivity contribution in [2.24, 2.45) is 11.8 Å². The SMILES string of the molecule is O=C(CN1C(=O)C2CC=CCC2C1=O)N1CCCN(Cc2ccccc2)CC1. The lowest BCUT2D eigenvalue weighted by Crippen LogP contribution is -2.44. The Balaban J connectivity index is 1.33. The van der Waals surface area contributed by atoms with Gasteiger partial charge in [-0.15, -0.1) is 0 Å². The van der Waals surface area contributed by atoms with E-state index in [1.807, 2.05) is 35.3 Å². The third kappa shape index (κ3) is 3.87. The van der Waals surface area contributed by atoms with E-state index in [9.17, 15) is 14.4 Å². The highest BCUT2D eigenvalue weighted by Gasteiger charge is 2.47. The Morgan fingerprint density at radius 3 is 2.25 bits per heavy atom. The molecule has 0 saturated carbocycles. The molecule has 2 atom stereocenters. The highest BCUT2D eigenvalue weighted by Crippen LogP contribution is 2.34. The van der Waals surface area contributed by atoms with Gasteiger partial charge in [0.2, 0.25) is 17.7 Å². The first-order valence-electron chi connectivity index (χ1n) is 10.2. The molecular formula is C22H27N3O3. The van der Waals surface area contributed by atoms with Crippen LogP contribution in [0.4, 0.5) is 0 Å². The van der Waals surface area contributed by atoms with Crippen LogP contribution in [0.2, 0.25) is 0 Å². The van der Waals surface area contributed by atoms with E-state index in [4.69, 9.17) is 0 Å². The average Bonchev–Trinajstić information content (AvgIpc) is 2.88. The Hall–Kier alpha value is -2.47. The van der Waals surface area contributed by atoms with Crippen molar-refractivity contribution in [2.45, 2.75) is 25.8 Å². The molecule has 2 saturated heterocycles. The molecule has 2 heterocycles. The van der Waals surface area contributed by atoms with Crippen LogP contribution in [0.15, 0.2) is 42.5 Å². The number of rotatable bonds is 4. The van der Waals surface area contributed by atoms with Gasteiger partial charge in [0.25, 0.3) is 0 Å². The molecule has 148 valence electrons. The molecular weight excluding hydrogens is 354 g/mol. The number of hydrogen-bond donors (Lipinski definition) is 0. The van der Waals surface area contributed by atoms with Gasteiger partial charge in [0.05, 0.1) is 11.8 Å². The predicted molar refractivity (Wildman–Crippen MR) is 105 cm³/mol. The van der Waals surface area contributed by atoms with Crippen molar-refractivity contribution in [3.05, 3.63) is 48.0 Å². The fourth-order valence-electron chi connectivity index (χ4n) is 4.48. The third-order valence-corrected chi connectivity index (χ3v) is 6.08. The minimum absolute atomic E-state index is 0.108. The van der Waals surface area contributed by atoms with E-state index in [2.05, 4.69) is 17.0 Å². The molecule has 0 aromatic heterocycles. The fourth-order valence-corrected chi connectivity index (χ4v) is 4.48. The number of amides is 3. The summed E-state index contributed by atoms with van der Waals surface area (Å²) in [6.07, 6.45) is 6.05. The zero-order valence-electron chi connectivity index (χ0n) is 16.1. The smallest absolute Gasteiger partial charge is 0.242 e. The van der Waals surface area contributed by atoms with Gasteiger partial charge in [0.1, 0.15) is 6.54 Å².